The van der Waals surface area contributed by atoms with Crippen LogP contribution in [0.3, 0.4) is 0 Å². The summed E-state index contributed by atoms with van der Waals surface area (Å²) in [6, 6.07) is 15.4. The van der Waals surface area contributed by atoms with E-state index in [1.54, 1.807) is 7.11 Å². The summed E-state index contributed by atoms with van der Waals surface area (Å²) in [6.45, 7) is 6.13. The number of hydrogen-bond donors (Lipinski definition) is 3. The predicted octanol–water partition coefficient (Wildman–Crippen LogP) is 3.18. The van der Waals surface area contributed by atoms with Gasteiger partial charge in [0.05, 0.1) is 25.9 Å². The smallest absolute Gasteiger partial charge is 0.221 e. The number of anilines is 1. The van der Waals surface area contributed by atoms with E-state index in [1.807, 2.05) is 55.5 Å². The Bertz CT molecular complexity index is 794. The molecule has 0 atom stereocenters. The van der Waals surface area contributed by atoms with E-state index >= 15 is 0 Å². The number of nitrogens with one attached hydrogen (secondary N) is 3. The van der Waals surface area contributed by atoms with Crippen molar-refractivity contribution in [3.8, 4) is 11.5 Å². The lowest BCUT2D eigenvalue weighted by molar-refractivity contribution is -0.114. The molecule has 0 heterocycles. The molecule has 0 radical (unpaired) electrons. The second kappa shape index (κ2) is 12.3. The topological polar surface area (TPSA) is 84.0 Å². The standard InChI is InChI=1S/C22H30N4O3/c1-4-23-22(24-13-8-14-29-19-9-6-5-7-10-19)25-16-18-11-12-21(28-3)20(15-18)26-17(2)27/h5-7,9-12,15H,4,8,13-14,16H2,1-3H3,(H,26,27)(H2,23,24,25). The Morgan fingerprint density at radius 2 is 1.90 bits per heavy atom. The van der Waals surface area contributed by atoms with Crippen molar-refractivity contribution < 1.29 is 14.3 Å². The molecular weight excluding hydrogens is 368 g/mol. The predicted molar refractivity (Wildman–Crippen MR) is 117 cm³/mol. The molecule has 0 saturated heterocycles. The van der Waals surface area contributed by atoms with Crippen LogP contribution >= 0.6 is 0 Å². The van der Waals surface area contributed by atoms with Gasteiger partial charge in [-0.25, -0.2) is 4.99 Å². The molecule has 0 aliphatic carbocycles. The van der Waals surface area contributed by atoms with Gasteiger partial charge in [0.25, 0.3) is 0 Å². The fourth-order valence-electron chi connectivity index (χ4n) is 2.64. The zero-order chi connectivity index (χ0) is 20.9. The third-order valence-electron chi connectivity index (χ3n) is 3.96. The van der Waals surface area contributed by atoms with Gasteiger partial charge < -0.3 is 25.4 Å². The van der Waals surface area contributed by atoms with Crippen LogP contribution in [-0.2, 0) is 11.3 Å². The molecule has 2 aromatic rings. The number of carbonyl (C=O) groups excluding carboxylic acids is 1. The molecule has 0 unspecified atom stereocenters. The largest absolute Gasteiger partial charge is 0.495 e. The summed E-state index contributed by atoms with van der Waals surface area (Å²) >= 11 is 0. The number of nitrogens with zero attached hydrogens (tertiary/aromatic N) is 1. The van der Waals surface area contributed by atoms with Crippen molar-refractivity contribution in [2.45, 2.75) is 26.8 Å². The van der Waals surface area contributed by atoms with Crippen molar-refractivity contribution in [2.75, 3.05) is 32.1 Å². The van der Waals surface area contributed by atoms with Gasteiger partial charge in [0.15, 0.2) is 5.96 Å². The first-order valence-corrected chi connectivity index (χ1v) is 9.77. The molecule has 0 aliphatic rings. The van der Waals surface area contributed by atoms with Crippen LogP contribution in [0.15, 0.2) is 53.5 Å². The minimum absolute atomic E-state index is 0.142. The highest BCUT2D eigenvalue weighted by molar-refractivity contribution is 5.90. The number of rotatable bonds is 10. The highest BCUT2D eigenvalue weighted by Gasteiger charge is 2.06. The van der Waals surface area contributed by atoms with Crippen LogP contribution in [-0.4, -0.2) is 38.7 Å². The van der Waals surface area contributed by atoms with Crippen molar-refractivity contribution in [1.82, 2.24) is 10.6 Å². The minimum atomic E-state index is -0.142. The van der Waals surface area contributed by atoms with Gasteiger partial charge in [-0.15, -0.1) is 0 Å². The van der Waals surface area contributed by atoms with Crippen LogP contribution in [0, 0.1) is 0 Å². The van der Waals surface area contributed by atoms with Crippen LogP contribution in [0.1, 0.15) is 25.8 Å². The SMILES string of the molecule is CCNC(=NCc1ccc(OC)c(NC(C)=O)c1)NCCCOc1ccccc1. The van der Waals surface area contributed by atoms with Crippen molar-refractivity contribution in [2.24, 2.45) is 4.99 Å². The van der Waals surface area contributed by atoms with E-state index in [4.69, 9.17) is 9.47 Å². The number of ether oxygens (including phenoxy) is 2. The highest BCUT2D eigenvalue weighted by atomic mass is 16.5. The van der Waals surface area contributed by atoms with Crippen molar-refractivity contribution in [1.29, 1.82) is 0 Å². The Morgan fingerprint density at radius 1 is 1.10 bits per heavy atom. The van der Waals surface area contributed by atoms with E-state index in [2.05, 4.69) is 20.9 Å². The normalized spacial score (nSPS) is 10.9. The Balaban J connectivity index is 1.86. The van der Waals surface area contributed by atoms with Crippen molar-refractivity contribution >= 4 is 17.6 Å². The number of aliphatic imine (C=N–C) groups is 1. The summed E-state index contributed by atoms with van der Waals surface area (Å²) in [4.78, 5) is 16.0. The number of methoxy groups -OCH3 is 1. The van der Waals surface area contributed by atoms with Gasteiger partial charge >= 0.3 is 0 Å². The summed E-state index contributed by atoms with van der Waals surface area (Å²) in [5.74, 6) is 2.10. The molecule has 0 spiro atoms. The zero-order valence-electron chi connectivity index (χ0n) is 17.3. The Hall–Kier alpha value is -3.22. The molecule has 7 heteroatoms. The van der Waals surface area contributed by atoms with Gasteiger partial charge in [-0.2, -0.15) is 0 Å². The minimum Gasteiger partial charge on any atom is -0.495 e. The maximum atomic E-state index is 11.4. The summed E-state index contributed by atoms with van der Waals surface area (Å²) in [5, 5.41) is 9.33. The fraction of sp³-hybridized carbons (Fsp3) is 0.364. The van der Waals surface area contributed by atoms with Crippen LogP contribution in [0.4, 0.5) is 5.69 Å². The van der Waals surface area contributed by atoms with Crippen molar-refractivity contribution in [3.05, 3.63) is 54.1 Å². The van der Waals surface area contributed by atoms with Gasteiger partial charge in [-0.3, -0.25) is 4.79 Å². The number of carbonyl (C=O) groups is 1. The zero-order valence-corrected chi connectivity index (χ0v) is 17.3. The lowest BCUT2D eigenvalue weighted by Gasteiger charge is -2.13. The quantitative estimate of drug-likeness (QED) is 0.325. The lowest BCUT2D eigenvalue weighted by atomic mass is 10.2. The lowest BCUT2D eigenvalue weighted by Crippen LogP contribution is -2.38. The Kier molecular flexibility index (Phi) is 9.35. The van der Waals surface area contributed by atoms with Crippen molar-refractivity contribution in [3.63, 3.8) is 0 Å². The Morgan fingerprint density at radius 3 is 2.59 bits per heavy atom. The van der Waals surface area contributed by atoms with Gasteiger partial charge in [-0.1, -0.05) is 24.3 Å². The van der Waals surface area contributed by atoms with Gasteiger partial charge in [-0.05, 0) is 43.2 Å². The molecule has 0 bridgehead atoms. The number of guanidine groups is 1. The summed E-state index contributed by atoms with van der Waals surface area (Å²) in [5.41, 5.74) is 1.61. The Labute approximate surface area is 172 Å². The van der Waals surface area contributed by atoms with E-state index in [1.165, 1.54) is 6.92 Å². The van der Waals surface area contributed by atoms with Gasteiger partial charge in [0.2, 0.25) is 5.91 Å². The number of amides is 1. The molecule has 29 heavy (non-hydrogen) atoms. The van der Waals surface area contributed by atoms with E-state index in [0.717, 1.165) is 36.8 Å². The molecule has 0 saturated carbocycles. The average Bonchev–Trinajstić information content (AvgIpc) is 2.72. The average molecular weight is 399 g/mol. The molecule has 0 aliphatic heterocycles. The number of benzene rings is 2. The van der Waals surface area contributed by atoms with E-state index in [-0.39, 0.29) is 5.91 Å². The van der Waals surface area contributed by atoms with Gasteiger partial charge in [0, 0.05) is 20.0 Å². The highest BCUT2D eigenvalue weighted by Crippen LogP contribution is 2.25. The third-order valence-corrected chi connectivity index (χ3v) is 3.96. The second-order valence-electron chi connectivity index (χ2n) is 6.35. The van der Waals surface area contributed by atoms with Crippen LogP contribution in [0.2, 0.25) is 0 Å². The molecule has 2 aromatic carbocycles. The molecule has 0 fully saturated rings. The molecule has 1 amide bonds. The second-order valence-corrected chi connectivity index (χ2v) is 6.35. The summed E-state index contributed by atoms with van der Waals surface area (Å²) in [6.07, 6.45) is 0.856. The summed E-state index contributed by atoms with van der Waals surface area (Å²) < 4.78 is 11.0. The molecule has 2 rings (SSSR count). The third kappa shape index (κ3) is 8.13. The fourth-order valence-corrected chi connectivity index (χ4v) is 2.64. The van der Waals surface area contributed by atoms with E-state index in [9.17, 15) is 4.79 Å². The van der Waals surface area contributed by atoms with E-state index < -0.39 is 0 Å². The first-order chi connectivity index (χ1) is 14.1. The maximum Gasteiger partial charge on any atom is 0.221 e. The van der Waals surface area contributed by atoms with E-state index in [0.29, 0.717) is 24.6 Å². The number of hydrogen-bond acceptors (Lipinski definition) is 4. The summed E-state index contributed by atoms with van der Waals surface area (Å²) in [7, 11) is 1.58. The first kappa shape index (κ1) is 22.1. The first-order valence-electron chi connectivity index (χ1n) is 9.77. The molecular formula is C22H30N4O3. The van der Waals surface area contributed by atoms with Crippen LogP contribution < -0.4 is 25.4 Å². The molecule has 3 N–H and O–H groups in total. The van der Waals surface area contributed by atoms with Gasteiger partial charge in [0.1, 0.15) is 11.5 Å². The monoisotopic (exact) mass is 398 g/mol. The molecule has 0 aromatic heterocycles. The number of para-hydroxylation sites is 1. The van der Waals surface area contributed by atoms with Crippen LogP contribution in [0.25, 0.3) is 0 Å². The van der Waals surface area contributed by atoms with Crippen LogP contribution in [0.5, 0.6) is 11.5 Å². The maximum absolute atomic E-state index is 11.4. The molecule has 156 valence electrons. The molecule has 7 nitrogen and oxygen atoms in total.